The molecule has 1 aliphatic heterocycles. The number of carbonyl (C=O) groups is 1. The van der Waals surface area contributed by atoms with E-state index >= 15 is 0 Å². The predicted molar refractivity (Wildman–Crippen MR) is 111 cm³/mol. The highest BCUT2D eigenvalue weighted by molar-refractivity contribution is 5.94. The molecule has 2 fully saturated rings. The van der Waals surface area contributed by atoms with E-state index in [1.54, 1.807) is 0 Å². The fraction of sp³-hybridized carbons (Fsp3) is 0.458. The van der Waals surface area contributed by atoms with E-state index in [0.717, 1.165) is 42.7 Å². The van der Waals surface area contributed by atoms with Crippen LogP contribution in [0.5, 0.6) is 5.75 Å². The van der Waals surface area contributed by atoms with Crippen LogP contribution < -0.4 is 10.1 Å². The molecular formula is C24H30N2O2. The highest BCUT2D eigenvalue weighted by atomic mass is 16.5. The van der Waals surface area contributed by atoms with E-state index in [1.165, 1.54) is 32.4 Å². The van der Waals surface area contributed by atoms with Gasteiger partial charge in [0, 0.05) is 31.7 Å². The zero-order valence-electron chi connectivity index (χ0n) is 16.5. The maximum absolute atomic E-state index is 12.3. The van der Waals surface area contributed by atoms with E-state index in [9.17, 15) is 4.79 Å². The van der Waals surface area contributed by atoms with Gasteiger partial charge < -0.3 is 15.0 Å². The van der Waals surface area contributed by atoms with Crippen molar-refractivity contribution < 1.29 is 9.53 Å². The zero-order valence-corrected chi connectivity index (χ0v) is 16.5. The molecule has 2 atom stereocenters. The molecule has 1 N–H and O–H groups in total. The van der Waals surface area contributed by atoms with Gasteiger partial charge in [0.15, 0.2) is 0 Å². The molecular weight excluding hydrogens is 348 g/mol. The molecule has 4 heteroatoms. The van der Waals surface area contributed by atoms with E-state index in [4.69, 9.17) is 4.74 Å². The van der Waals surface area contributed by atoms with E-state index in [0.29, 0.717) is 12.1 Å². The minimum absolute atomic E-state index is 0.0602. The Balaban J connectivity index is 1.15. The third kappa shape index (κ3) is 4.93. The van der Waals surface area contributed by atoms with Crippen LogP contribution in [0.25, 0.3) is 0 Å². The number of benzene rings is 2. The number of fused-ring (bicyclic) bond motifs is 1. The van der Waals surface area contributed by atoms with Crippen LogP contribution in [0.3, 0.4) is 0 Å². The Labute approximate surface area is 167 Å². The molecule has 0 spiro atoms. The number of rotatable bonds is 8. The third-order valence-electron chi connectivity index (χ3n) is 6.10. The largest absolute Gasteiger partial charge is 0.494 e. The first-order valence-electron chi connectivity index (χ1n) is 10.6. The second-order valence-corrected chi connectivity index (χ2v) is 8.11. The summed E-state index contributed by atoms with van der Waals surface area (Å²) in [6.07, 6.45) is 5.36. The van der Waals surface area contributed by atoms with Crippen LogP contribution in [0.4, 0.5) is 0 Å². The maximum Gasteiger partial charge on any atom is 0.251 e. The fourth-order valence-electron chi connectivity index (χ4n) is 4.58. The molecule has 1 aliphatic carbocycles. The molecule has 0 aromatic heterocycles. The molecule has 1 heterocycles. The molecule has 1 saturated carbocycles. The first kappa shape index (κ1) is 19.0. The van der Waals surface area contributed by atoms with Crippen molar-refractivity contribution in [3.8, 4) is 5.75 Å². The molecule has 2 unspecified atom stereocenters. The number of carbonyl (C=O) groups excluding carboxylic acids is 1. The number of amides is 1. The van der Waals surface area contributed by atoms with Crippen LogP contribution in [0.2, 0.25) is 0 Å². The fourth-order valence-corrected chi connectivity index (χ4v) is 4.58. The van der Waals surface area contributed by atoms with Crippen molar-refractivity contribution in [1.82, 2.24) is 10.2 Å². The zero-order chi connectivity index (χ0) is 19.2. The minimum Gasteiger partial charge on any atom is -0.494 e. The second-order valence-electron chi connectivity index (χ2n) is 8.11. The molecule has 0 bridgehead atoms. The number of nitrogens with one attached hydrogen (secondary N) is 1. The number of hydrogen-bond donors (Lipinski definition) is 1. The van der Waals surface area contributed by atoms with Crippen molar-refractivity contribution in [1.29, 1.82) is 0 Å². The summed E-state index contributed by atoms with van der Waals surface area (Å²) in [6, 6.07) is 17.4. The Kier molecular flexibility index (Phi) is 6.27. The lowest BCUT2D eigenvalue weighted by Crippen LogP contribution is -2.24. The molecule has 4 nitrogen and oxygen atoms in total. The van der Waals surface area contributed by atoms with Crippen molar-refractivity contribution in [2.45, 2.75) is 32.2 Å². The first-order valence-corrected chi connectivity index (χ1v) is 10.6. The maximum atomic E-state index is 12.3. The van der Waals surface area contributed by atoms with Crippen LogP contribution in [0.15, 0.2) is 54.6 Å². The van der Waals surface area contributed by atoms with Gasteiger partial charge in [-0.1, -0.05) is 36.8 Å². The van der Waals surface area contributed by atoms with E-state index in [1.807, 2.05) is 54.6 Å². The lowest BCUT2D eigenvalue weighted by molar-refractivity contribution is 0.0951. The van der Waals surface area contributed by atoms with E-state index in [2.05, 4.69) is 10.2 Å². The molecule has 4 rings (SSSR count). The molecule has 148 valence electrons. The van der Waals surface area contributed by atoms with E-state index < -0.39 is 0 Å². The van der Waals surface area contributed by atoms with Crippen LogP contribution in [0, 0.1) is 11.8 Å². The van der Waals surface area contributed by atoms with Gasteiger partial charge in [0.1, 0.15) is 5.75 Å². The summed E-state index contributed by atoms with van der Waals surface area (Å²) in [5, 5.41) is 2.95. The summed E-state index contributed by atoms with van der Waals surface area (Å²) in [5.74, 6) is 2.69. The molecule has 2 aromatic carbocycles. The summed E-state index contributed by atoms with van der Waals surface area (Å²) >= 11 is 0. The highest BCUT2D eigenvalue weighted by Crippen LogP contribution is 2.37. The molecule has 0 radical (unpaired) electrons. The molecule has 1 amide bonds. The topological polar surface area (TPSA) is 41.6 Å². The van der Waals surface area contributed by atoms with Gasteiger partial charge >= 0.3 is 0 Å². The Hall–Kier alpha value is -2.33. The highest BCUT2D eigenvalue weighted by Gasteiger charge is 2.35. The van der Waals surface area contributed by atoms with Crippen molar-refractivity contribution in [3.63, 3.8) is 0 Å². The van der Waals surface area contributed by atoms with Gasteiger partial charge in [-0.05, 0) is 60.9 Å². The van der Waals surface area contributed by atoms with Gasteiger partial charge in [0.05, 0.1) is 6.61 Å². The summed E-state index contributed by atoms with van der Waals surface area (Å²) < 4.78 is 5.87. The van der Waals surface area contributed by atoms with Gasteiger partial charge in [-0.2, -0.15) is 0 Å². The number of hydrogen-bond acceptors (Lipinski definition) is 3. The smallest absolute Gasteiger partial charge is 0.251 e. The standard InChI is InChI=1S/C24H30N2O2/c27-24(25-16-19-6-2-1-3-7-19)20-10-12-23(13-11-20)28-15-5-14-26-17-21-8-4-9-22(21)18-26/h1-3,6-7,10-13,21-22H,4-5,8-9,14-18H2,(H,25,27). The average Bonchev–Trinajstić information content (AvgIpc) is 3.32. The Morgan fingerprint density at radius 3 is 2.43 bits per heavy atom. The summed E-state index contributed by atoms with van der Waals surface area (Å²) in [7, 11) is 0. The SMILES string of the molecule is O=C(NCc1ccccc1)c1ccc(OCCCN2CC3CCCC3C2)cc1. The van der Waals surface area contributed by atoms with Gasteiger partial charge in [-0.3, -0.25) is 4.79 Å². The van der Waals surface area contributed by atoms with Crippen LogP contribution in [0.1, 0.15) is 41.6 Å². The Morgan fingerprint density at radius 1 is 1.00 bits per heavy atom. The summed E-state index contributed by atoms with van der Waals surface area (Å²) in [4.78, 5) is 14.9. The third-order valence-corrected chi connectivity index (χ3v) is 6.10. The Morgan fingerprint density at radius 2 is 1.71 bits per heavy atom. The number of likely N-dealkylation sites (tertiary alicyclic amines) is 1. The van der Waals surface area contributed by atoms with Crippen molar-refractivity contribution in [2.24, 2.45) is 11.8 Å². The van der Waals surface area contributed by atoms with Gasteiger partial charge in [-0.25, -0.2) is 0 Å². The van der Waals surface area contributed by atoms with Gasteiger partial charge in [-0.15, -0.1) is 0 Å². The second kappa shape index (κ2) is 9.24. The summed E-state index contributed by atoms with van der Waals surface area (Å²) in [5.41, 5.74) is 1.75. The number of nitrogens with zero attached hydrogens (tertiary/aromatic N) is 1. The van der Waals surface area contributed by atoms with Gasteiger partial charge in [0.25, 0.3) is 5.91 Å². The molecule has 28 heavy (non-hydrogen) atoms. The normalized spacial score (nSPS) is 21.4. The molecule has 1 saturated heterocycles. The van der Waals surface area contributed by atoms with Crippen LogP contribution in [-0.2, 0) is 6.54 Å². The summed E-state index contributed by atoms with van der Waals surface area (Å²) in [6.45, 7) is 4.98. The predicted octanol–water partition coefficient (Wildman–Crippen LogP) is 4.12. The van der Waals surface area contributed by atoms with Crippen molar-refractivity contribution in [3.05, 3.63) is 65.7 Å². The van der Waals surface area contributed by atoms with Gasteiger partial charge in [0.2, 0.25) is 0 Å². The monoisotopic (exact) mass is 378 g/mol. The minimum atomic E-state index is -0.0602. The lowest BCUT2D eigenvalue weighted by Gasteiger charge is -2.16. The first-order chi connectivity index (χ1) is 13.8. The van der Waals surface area contributed by atoms with Crippen LogP contribution >= 0.6 is 0 Å². The van der Waals surface area contributed by atoms with E-state index in [-0.39, 0.29) is 5.91 Å². The van der Waals surface area contributed by atoms with Crippen LogP contribution in [-0.4, -0.2) is 37.0 Å². The van der Waals surface area contributed by atoms with Crippen molar-refractivity contribution >= 4 is 5.91 Å². The molecule has 2 aromatic rings. The Bertz CT molecular complexity index is 748. The molecule has 2 aliphatic rings. The quantitative estimate of drug-likeness (QED) is 0.703. The lowest BCUT2D eigenvalue weighted by atomic mass is 10.0. The average molecular weight is 379 g/mol. The number of ether oxygens (including phenoxy) is 1. The van der Waals surface area contributed by atoms with Crippen molar-refractivity contribution in [2.75, 3.05) is 26.2 Å².